The minimum absolute atomic E-state index is 0.0356. The molecule has 0 aliphatic carbocycles. The molecule has 0 bridgehead atoms. The van der Waals surface area contributed by atoms with E-state index in [0.717, 1.165) is 16.7 Å². The zero-order chi connectivity index (χ0) is 24.5. The van der Waals surface area contributed by atoms with Crippen LogP contribution in [0.1, 0.15) is 33.9 Å². The number of hydrogen-bond acceptors (Lipinski definition) is 5. The van der Waals surface area contributed by atoms with Gasteiger partial charge in [-0.25, -0.2) is 0 Å². The highest BCUT2D eigenvalue weighted by molar-refractivity contribution is 5.60. The first-order valence-electron chi connectivity index (χ1n) is 11.3. The van der Waals surface area contributed by atoms with Crippen LogP contribution >= 0.6 is 0 Å². The Kier molecular flexibility index (Phi) is 7.96. The number of nitrogens with one attached hydrogen (secondary N) is 1. The summed E-state index contributed by atoms with van der Waals surface area (Å²) < 4.78 is 0. The van der Waals surface area contributed by atoms with Gasteiger partial charge in [-0.05, 0) is 41.8 Å². The first-order chi connectivity index (χ1) is 17.1. The SMILES string of the molecule is Cc1ccc(/C=C/C=C/c2ccc(N=Nc3cccc(C(NO)c4ccccc4)c3O)cc2)cc1. The first-order valence-corrected chi connectivity index (χ1v) is 11.3. The Balaban J connectivity index is 1.43. The quantitative estimate of drug-likeness (QED) is 0.142. The van der Waals surface area contributed by atoms with Gasteiger partial charge in [-0.3, -0.25) is 0 Å². The van der Waals surface area contributed by atoms with E-state index >= 15 is 0 Å². The van der Waals surface area contributed by atoms with Gasteiger partial charge >= 0.3 is 0 Å². The fourth-order valence-corrected chi connectivity index (χ4v) is 3.61. The smallest absolute Gasteiger partial charge is 0.148 e. The number of hydroxylamine groups is 1. The number of phenolic OH excluding ortho intramolecular Hbond substituents is 1. The third-order valence-electron chi connectivity index (χ3n) is 5.55. The van der Waals surface area contributed by atoms with E-state index < -0.39 is 6.04 Å². The number of hydrogen-bond donors (Lipinski definition) is 3. The fraction of sp³-hybridized carbons (Fsp3) is 0.0667. The molecule has 0 aliphatic heterocycles. The van der Waals surface area contributed by atoms with Gasteiger partial charge < -0.3 is 10.3 Å². The van der Waals surface area contributed by atoms with Gasteiger partial charge in [0.1, 0.15) is 11.4 Å². The largest absolute Gasteiger partial charge is 0.505 e. The van der Waals surface area contributed by atoms with Crippen LogP contribution in [0.2, 0.25) is 0 Å². The molecule has 0 saturated carbocycles. The number of benzene rings is 4. The zero-order valence-electron chi connectivity index (χ0n) is 19.4. The number of para-hydroxylation sites is 1. The van der Waals surface area contributed by atoms with Crippen LogP contribution in [0.25, 0.3) is 12.2 Å². The summed E-state index contributed by atoms with van der Waals surface area (Å²) in [5.74, 6) is -0.0356. The summed E-state index contributed by atoms with van der Waals surface area (Å²) >= 11 is 0. The molecule has 0 amide bonds. The normalized spacial score (nSPS) is 12.6. The van der Waals surface area contributed by atoms with Crippen molar-refractivity contribution in [3.63, 3.8) is 0 Å². The van der Waals surface area contributed by atoms with Gasteiger partial charge in [0.05, 0.1) is 11.7 Å². The molecule has 5 nitrogen and oxygen atoms in total. The lowest BCUT2D eigenvalue weighted by atomic mass is 9.98. The lowest BCUT2D eigenvalue weighted by Crippen LogP contribution is -2.18. The number of rotatable bonds is 8. The van der Waals surface area contributed by atoms with Crippen molar-refractivity contribution in [2.24, 2.45) is 10.2 Å². The molecule has 35 heavy (non-hydrogen) atoms. The molecule has 4 aromatic rings. The lowest BCUT2D eigenvalue weighted by Gasteiger charge is -2.17. The molecular weight excluding hydrogens is 434 g/mol. The van der Waals surface area contributed by atoms with E-state index in [-0.39, 0.29) is 5.75 Å². The van der Waals surface area contributed by atoms with Crippen LogP contribution in [0.15, 0.2) is 119 Å². The number of phenols is 1. The minimum atomic E-state index is -0.586. The van der Waals surface area contributed by atoms with E-state index in [4.69, 9.17) is 0 Å². The third-order valence-corrected chi connectivity index (χ3v) is 5.55. The molecular formula is C30H27N3O2. The molecule has 174 valence electrons. The Morgan fingerprint density at radius 1 is 0.714 bits per heavy atom. The van der Waals surface area contributed by atoms with E-state index in [9.17, 15) is 10.3 Å². The standard InChI is InChI=1S/C30H27N3O2/c1-22-14-16-23(17-15-22)8-5-6-9-24-18-20-26(21-19-24)31-32-28-13-7-12-27(30(28)34)29(33-35)25-10-3-2-4-11-25/h2-21,29,33-35H,1H3/b8-5+,9-6+,32-31?. The van der Waals surface area contributed by atoms with Gasteiger partial charge in [-0.15, -0.1) is 5.11 Å². The van der Waals surface area contributed by atoms with E-state index in [2.05, 4.69) is 53.0 Å². The molecule has 1 unspecified atom stereocenters. The van der Waals surface area contributed by atoms with Crippen LogP contribution in [-0.4, -0.2) is 10.3 Å². The molecule has 0 aliphatic rings. The molecule has 0 saturated heterocycles. The fourth-order valence-electron chi connectivity index (χ4n) is 3.61. The van der Waals surface area contributed by atoms with Crippen molar-refractivity contribution in [1.82, 2.24) is 5.48 Å². The molecule has 4 rings (SSSR count). The summed E-state index contributed by atoms with van der Waals surface area (Å²) in [6.45, 7) is 2.08. The van der Waals surface area contributed by atoms with Crippen LogP contribution in [-0.2, 0) is 0 Å². The monoisotopic (exact) mass is 461 g/mol. The number of aryl methyl sites for hydroxylation is 1. The molecule has 4 aromatic carbocycles. The van der Waals surface area contributed by atoms with Crippen molar-refractivity contribution in [3.05, 3.63) is 137 Å². The second-order valence-corrected chi connectivity index (χ2v) is 8.11. The average molecular weight is 462 g/mol. The van der Waals surface area contributed by atoms with Crippen LogP contribution < -0.4 is 5.48 Å². The summed E-state index contributed by atoms with van der Waals surface area (Å²) in [6, 6.07) is 30.0. The Morgan fingerprint density at radius 2 is 1.34 bits per heavy atom. The average Bonchev–Trinajstić information content (AvgIpc) is 2.90. The highest BCUT2D eigenvalue weighted by atomic mass is 16.5. The summed E-state index contributed by atoms with van der Waals surface area (Å²) in [6.07, 6.45) is 8.09. The maximum atomic E-state index is 10.8. The van der Waals surface area contributed by atoms with Crippen molar-refractivity contribution < 1.29 is 10.3 Å². The molecule has 0 heterocycles. The summed E-state index contributed by atoms with van der Waals surface area (Å²) in [7, 11) is 0. The minimum Gasteiger partial charge on any atom is -0.505 e. The maximum Gasteiger partial charge on any atom is 0.148 e. The lowest BCUT2D eigenvalue weighted by molar-refractivity contribution is 0.140. The van der Waals surface area contributed by atoms with Crippen molar-refractivity contribution in [2.45, 2.75) is 13.0 Å². The number of azo groups is 1. The van der Waals surface area contributed by atoms with E-state index in [1.807, 2.05) is 72.8 Å². The molecule has 3 N–H and O–H groups in total. The maximum absolute atomic E-state index is 10.8. The molecule has 0 spiro atoms. The molecule has 5 heteroatoms. The van der Waals surface area contributed by atoms with Gasteiger partial charge in [0.2, 0.25) is 0 Å². The van der Waals surface area contributed by atoms with Crippen LogP contribution in [0.3, 0.4) is 0 Å². The molecule has 0 aromatic heterocycles. The van der Waals surface area contributed by atoms with Crippen molar-refractivity contribution in [3.8, 4) is 5.75 Å². The van der Waals surface area contributed by atoms with Crippen LogP contribution in [0, 0.1) is 6.92 Å². The zero-order valence-corrected chi connectivity index (χ0v) is 19.4. The Morgan fingerprint density at radius 3 is 1.97 bits per heavy atom. The third kappa shape index (κ3) is 6.38. The second-order valence-electron chi connectivity index (χ2n) is 8.11. The van der Waals surface area contributed by atoms with Gasteiger partial charge in [0.15, 0.2) is 0 Å². The second kappa shape index (κ2) is 11.7. The summed E-state index contributed by atoms with van der Waals surface area (Å²) in [5, 5.41) is 29.0. The highest BCUT2D eigenvalue weighted by Crippen LogP contribution is 2.37. The van der Waals surface area contributed by atoms with Crippen LogP contribution in [0.4, 0.5) is 11.4 Å². The predicted molar refractivity (Wildman–Crippen MR) is 141 cm³/mol. The van der Waals surface area contributed by atoms with Crippen LogP contribution in [0.5, 0.6) is 5.75 Å². The van der Waals surface area contributed by atoms with E-state index in [1.54, 1.807) is 18.2 Å². The van der Waals surface area contributed by atoms with Crippen molar-refractivity contribution in [1.29, 1.82) is 0 Å². The molecule has 0 radical (unpaired) electrons. The highest BCUT2D eigenvalue weighted by Gasteiger charge is 2.18. The van der Waals surface area contributed by atoms with E-state index in [1.165, 1.54) is 5.56 Å². The van der Waals surface area contributed by atoms with E-state index in [0.29, 0.717) is 16.9 Å². The number of nitrogens with zero attached hydrogens (tertiary/aromatic N) is 2. The predicted octanol–water partition coefficient (Wildman–Crippen LogP) is 7.91. The number of aromatic hydroxyl groups is 1. The van der Waals surface area contributed by atoms with Crippen molar-refractivity contribution in [2.75, 3.05) is 0 Å². The van der Waals surface area contributed by atoms with Gasteiger partial charge in [0, 0.05) is 5.56 Å². The van der Waals surface area contributed by atoms with Gasteiger partial charge in [-0.2, -0.15) is 10.6 Å². The Hall–Kier alpha value is -4.32. The molecule has 0 fully saturated rings. The Labute approximate surface area is 205 Å². The van der Waals surface area contributed by atoms with Gasteiger partial charge in [-0.1, -0.05) is 109 Å². The molecule has 1 atom stereocenters. The van der Waals surface area contributed by atoms with Gasteiger partial charge in [0.25, 0.3) is 0 Å². The summed E-state index contributed by atoms with van der Waals surface area (Å²) in [5.41, 5.74) is 8.04. The van der Waals surface area contributed by atoms with Crippen molar-refractivity contribution >= 4 is 23.5 Å². The number of allylic oxidation sites excluding steroid dienone is 2. The Bertz CT molecular complexity index is 1330. The first kappa shape index (κ1) is 23.8. The topological polar surface area (TPSA) is 77.2 Å². The summed E-state index contributed by atoms with van der Waals surface area (Å²) in [4.78, 5) is 0.